The first-order valence-corrected chi connectivity index (χ1v) is 12.0. The molecule has 4 rings (SSSR count). The van der Waals surface area contributed by atoms with E-state index < -0.39 is 11.0 Å². The van der Waals surface area contributed by atoms with Gasteiger partial charge in [0.05, 0.1) is 10.9 Å². The molecule has 1 amide bonds. The maximum Gasteiger partial charge on any atom is 0.255 e. The lowest BCUT2D eigenvalue weighted by Crippen LogP contribution is -2.25. The van der Waals surface area contributed by atoms with Gasteiger partial charge in [0.2, 0.25) is 0 Å². The highest BCUT2D eigenvalue weighted by Crippen LogP contribution is 2.24. The van der Waals surface area contributed by atoms with E-state index in [1.54, 1.807) is 42.5 Å². The number of carbonyl (C=O) groups excluding carboxylic acids is 1. The van der Waals surface area contributed by atoms with Gasteiger partial charge in [0.15, 0.2) is 0 Å². The van der Waals surface area contributed by atoms with Gasteiger partial charge in [0, 0.05) is 16.3 Å². The SMILES string of the molecule is Cc1cc(Cl)cc(C(=O)Nc2cccc(S(=O)NC(c3ccccc3)c3ccccc3)c2)c1. The van der Waals surface area contributed by atoms with E-state index in [2.05, 4.69) is 10.0 Å². The lowest BCUT2D eigenvalue weighted by atomic mass is 10.00. The molecule has 166 valence electrons. The summed E-state index contributed by atoms with van der Waals surface area (Å²) >= 11 is 6.08. The fourth-order valence-electron chi connectivity index (χ4n) is 3.55. The molecule has 0 spiro atoms. The van der Waals surface area contributed by atoms with Crippen molar-refractivity contribution in [2.75, 3.05) is 5.32 Å². The molecule has 1 atom stereocenters. The van der Waals surface area contributed by atoms with E-state index >= 15 is 0 Å². The third-order valence-corrected chi connectivity index (χ3v) is 6.45. The Hall–Kier alpha value is -3.25. The summed E-state index contributed by atoms with van der Waals surface area (Å²) in [6.45, 7) is 1.88. The number of anilines is 1. The zero-order valence-corrected chi connectivity index (χ0v) is 19.6. The van der Waals surface area contributed by atoms with E-state index in [1.807, 2.05) is 67.6 Å². The van der Waals surface area contributed by atoms with Gasteiger partial charge in [-0.3, -0.25) is 4.79 Å². The first-order chi connectivity index (χ1) is 16.0. The zero-order valence-electron chi connectivity index (χ0n) is 18.0. The largest absolute Gasteiger partial charge is 0.322 e. The quantitative estimate of drug-likeness (QED) is 0.330. The molecule has 0 aromatic heterocycles. The number of amides is 1. The summed E-state index contributed by atoms with van der Waals surface area (Å²) in [4.78, 5) is 13.2. The van der Waals surface area contributed by atoms with Crippen molar-refractivity contribution in [2.45, 2.75) is 17.9 Å². The van der Waals surface area contributed by atoms with Gasteiger partial charge in [-0.2, -0.15) is 0 Å². The topological polar surface area (TPSA) is 58.2 Å². The summed E-state index contributed by atoms with van der Waals surface area (Å²) in [6.07, 6.45) is 0. The minimum Gasteiger partial charge on any atom is -0.322 e. The molecule has 0 fully saturated rings. The molecule has 0 aliphatic heterocycles. The summed E-state index contributed by atoms with van der Waals surface area (Å²) in [6, 6.07) is 31.7. The van der Waals surface area contributed by atoms with Crippen LogP contribution in [0.1, 0.15) is 33.1 Å². The second kappa shape index (κ2) is 10.6. The molecule has 0 aliphatic carbocycles. The van der Waals surface area contributed by atoms with Gasteiger partial charge < -0.3 is 5.32 Å². The molecule has 4 aromatic carbocycles. The van der Waals surface area contributed by atoms with Crippen LogP contribution >= 0.6 is 11.6 Å². The lowest BCUT2D eigenvalue weighted by molar-refractivity contribution is 0.102. The summed E-state index contributed by atoms with van der Waals surface area (Å²) in [5, 5.41) is 3.37. The predicted octanol–water partition coefficient (Wildman–Crippen LogP) is 6.30. The van der Waals surface area contributed by atoms with Gasteiger partial charge in [-0.15, -0.1) is 0 Å². The average Bonchev–Trinajstić information content (AvgIpc) is 2.83. The fraction of sp³-hybridized carbons (Fsp3) is 0.0741. The Morgan fingerprint density at radius 2 is 1.45 bits per heavy atom. The molecule has 1 unspecified atom stereocenters. The van der Waals surface area contributed by atoms with Crippen molar-refractivity contribution < 1.29 is 9.00 Å². The van der Waals surface area contributed by atoms with Crippen molar-refractivity contribution in [3.8, 4) is 0 Å². The molecule has 0 saturated carbocycles. The van der Waals surface area contributed by atoms with Gasteiger partial charge in [-0.25, -0.2) is 8.93 Å². The molecule has 6 heteroatoms. The Morgan fingerprint density at radius 1 is 0.818 bits per heavy atom. The van der Waals surface area contributed by atoms with Gasteiger partial charge in [0.25, 0.3) is 5.91 Å². The van der Waals surface area contributed by atoms with E-state index in [0.717, 1.165) is 16.7 Å². The van der Waals surface area contributed by atoms with E-state index in [0.29, 0.717) is 21.2 Å². The molecule has 0 radical (unpaired) electrons. The van der Waals surface area contributed by atoms with Crippen molar-refractivity contribution in [3.63, 3.8) is 0 Å². The molecular weight excluding hydrogens is 452 g/mol. The molecule has 0 saturated heterocycles. The van der Waals surface area contributed by atoms with E-state index in [1.165, 1.54) is 0 Å². The number of benzene rings is 4. The van der Waals surface area contributed by atoms with Crippen LogP contribution in [-0.4, -0.2) is 10.1 Å². The maximum absolute atomic E-state index is 13.3. The van der Waals surface area contributed by atoms with Crippen LogP contribution in [0.25, 0.3) is 0 Å². The Morgan fingerprint density at radius 3 is 2.06 bits per heavy atom. The highest BCUT2D eigenvalue weighted by atomic mass is 35.5. The monoisotopic (exact) mass is 474 g/mol. The van der Waals surface area contributed by atoms with Crippen LogP contribution in [0.15, 0.2) is 108 Å². The second-order valence-electron chi connectivity index (χ2n) is 7.64. The Labute approximate surface area is 201 Å². The summed E-state index contributed by atoms with van der Waals surface area (Å²) < 4.78 is 16.5. The van der Waals surface area contributed by atoms with Crippen LogP contribution < -0.4 is 10.0 Å². The summed E-state index contributed by atoms with van der Waals surface area (Å²) in [5.41, 5.74) is 3.95. The van der Waals surface area contributed by atoms with Crippen molar-refractivity contribution in [3.05, 3.63) is 130 Å². The molecule has 4 aromatic rings. The lowest BCUT2D eigenvalue weighted by Gasteiger charge is -2.19. The molecule has 33 heavy (non-hydrogen) atoms. The van der Waals surface area contributed by atoms with Gasteiger partial charge >= 0.3 is 0 Å². The van der Waals surface area contributed by atoms with E-state index in [-0.39, 0.29) is 11.9 Å². The third kappa shape index (κ3) is 5.96. The normalized spacial score (nSPS) is 11.8. The molecule has 0 aliphatic rings. The number of hydrogen-bond acceptors (Lipinski definition) is 2. The van der Waals surface area contributed by atoms with Crippen molar-refractivity contribution in [1.82, 2.24) is 4.72 Å². The van der Waals surface area contributed by atoms with Crippen LogP contribution in [0.2, 0.25) is 5.02 Å². The molecular formula is C27H23ClN2O2S. The van der Waals surface area contributed by atoms with Gasteiger partial charge in [0.1, 0.15) is 11.0 Å². The first-order valence-electron chi connectivity index (χ1n) is 10.5. The molecule has 0 heterocycles. The Bertz CT molecular complexity index is 1220. The summed E-state index contributed by atoms with van der Waals surface area (Å²) in [5.74, 6) is -0.275. The minimum atomic E-state index is -1.51. The second-order valence-corrected chi connectivity index (χ2v) is 9.32. The van der Waals surface area contributed by atoms with E-state index in [4.69, 9.17) is 11.6 Å². The number of halogens is 1. The maximum atomic E-state index is 13.3. The summed E-state index contributed by atoms with van der Waals surface area (Å²) in [7, 11) is -1.51. The number of carbonyl (C=O) groups is 1. The standard InChI is InChI=1S/C27H23ClN2O2S/c1-19-15-22(17-23(28)16-19)27(31)29-24-13-8-14-25(18-24)33(32)30-26(20-9-4-2-5-10-20)21-11-6-3-7-12-21/h2-18,26,30H,1H3,(H,29,31). The average molecular weight is 475 g/mol. The number of rotatable bonds is 7. The van der Waals surface area contributed by atoms with Crippen molar-refractivity contribution in [2.24, 2.45) is 0 Å². The highest BCUT2D eigenvalue weighted by Gasteiger charge is 2.18. The van der Waals surface area contributed by atoms with Gasteiger partial charge in [-0.1, -0.05) is 78.3 Å². The fourth-order valence-corrected chi connectivity index (χ4v) is 4.90. The number of aryl methyl sites for hydroxylation is 1. The van der Waals surface area contributed by atoms with E-state index in [9.17, 15) is 9.00 Å². The van der Waals surface area contributed by atoms with Gasteiger partial charge in [-0.05, 0) is 60.0 Å². The van der Waals surface area contributed by atoms with Crippen LogP contribution in [0.5, 0.6) is 0 Å². The Kier molecular flexibility index (Phi) is 7.35. The smallest absolute Gasteiger partial charge is 0.255 e. The zero-order chi connectivity index (χ0) is 23.2. The Balaban J connectivity index is 1.54. The van der Waals surface area contributed by atoms with Crippen LogP contribution in [0.3, 0.4) is 0 Å². The predicted molar refractivity (Wildman–Crippen MR) is 135 cm³/mol. The molecule has 4 nitrogen and oxygen atoms in total. The molecule has 0 bridgehead atoms. The van der Waals surface area contributed by atoms with Crippen LogP contribution in [0.4, 0.5) is 5.69 Å². The highest BCUT2D eigenvalue weighted by molar-refractivity contribution is 7.83. The first kappa shape index (κ1) is 22.9. The van der Waals surface area contributed by atoms with Crippen LogP contribution in [-0.2, 0) is 11.0 Å². The number of nitrogens with one attached hydrogen (secondary N) is 2. The van der Waals surface area contributed by atoms with Crippen molar-refractivity contribution >= 4 is 34.2 Å². The number of hydrogen-bond donors (Lipinski definition) is 2. The third-order valence-electron chi connectivity index (χ3n) is 5.10. The van der Waals surface area contributed by atoms with Crippen molar-refractivity contribution in [1.29, 1.82) is 0 Å². The van der Waals surface area contributed by atoms with Crippen LogP contribution in [0, 0.1) is 6.92 Å². The minimum absolute atomic E-state index is 0.249. The molecule has 2 N–H and O–H groups in total.